The summed E-state index contributed by atoms with van der Waals surface area (Å²) in [5.74, 6) is -0.202. The molecule has 0 aliphatic carbocycles. The quantitative estimate of drug-likeness (QED) is 0.612. The van der Waals surface area contributed by atoms with Gasteiger partial charge in [0.1, 0.15) is 6.20 Å². The summed E-state index contributed by atoms with van der Waals surface area (Å²) in [6, 6.07) is 8.11. The van der Waals surface area contributed by atoms with Crippen molar-refractivity contribution in [2.45, 2.75) is 0 Å². The van der Waals surface area contributed by atoms with Gasteiger partial charge in [-0.05, 0) is 22.0 Å². The molecule has 86 valence electrons. The fourth-order valence-corrected chi connectivity index (χ4v) is 1.79. The highest BCUT2D eigenvalue weighted by molar-refractivity contribution is 6.43. The molecule has 0 N–H and O–H groups in total. The largest absolute Gasteiger partial charge is 0.363 e. The zero-order chi connectivity index (χ0) is 12.4. The first-order valence-corrected chi connectivity index (χ1v) is 5.40. The van der Waals surface area contributed by atoms with Crippen LogP contribution in [0, 0.1) is 10.1 Å². The Bertz CT molecular complexity index is 570. The average molecular weight is 269 g/mol. The van der Waals surface area contributed by atoms with Crippen LogP contribution in [0.5, 0.6) is 0 Å². The number of hydrogen-bond acceptors (Lipinski definition) is 3. The first kappa shape index (κ1) is 11.8. The van der Waals surface area contributed by atoms with E-state index in [4.69, 9.17) is 23.2 Å². The minimum absolute atomic E-state index is 0.202. The Morgan fingerprint density at radius 3 is 2.53 bits per heavy atom. The Morgan fingerprint density at radius 2 is 1.94 bits per heavy atom. The molecule has 0 aliphatic heterocycles. The molecule has 0 spiro atoms. The summed E-state index contributed by atoms with van der Waals surface area (Å²) in [6.45, 7) is 0. The molecule has 0 radical (unpaired) electrons. The van der Waals surface area contributed by atoms with Crippen molar-refractivity contribution in [3.8, 4) is 11.1 Å². The molecule has 2 rings (SSSR count). The Kier molecular flexibility index (Phi) is 3.26. The molecular formula is C11H6Cl2N2O2. The van der Waals surface area contributed by atoms with Gasteiger partial charge < -0.3 is 10.1 Å². The molecule has 17 heavy (non-hydrogen) atoms. The van der Waals surface area contributed by atoms with Gasteiger partial charge in [-0.2, -0.15) is 0 Å². The third-order valence-corrected chi connectivity index (χ3v) is 3.02. The molecule has 4 nitrogen and oxygen atoms in total. The molecule has 0 saturated carbocycles. The van der Waals surface area contributed by atoms with Crippen LogP contribution in [0.15, 0.2) is 36.5 Å². The van der Waals surface area contributed by atoms with Crippen LogP contribution in [0.1, 0.15) is 0 Å². The van der Waals surface area contributed by atoms with Crippen molar-refractivity contribution in [3.05, 3.63) is 56.7 Å². The number of halogens is 2. The summed E-state index contributed by atoms with van der Waals surface area (Å²) in [5, 5.41) is 11.3. The van der Waals surface area contributed by atoms with E-state index in [-0.39, 0.29) is 5.82 Å². The maximum atomic E-state index is 10.5. The average Bonchev–Trinajstić information content (AvgIpc) is 2.33. The molecule has 0 unspecified atom stereocenters. The lowest BCUT2D eigenvalue weighted by molar-refractivity contribution is -0.389. The minimum Gasteiger partial charge on any atom is -0.358 e. The molecule has 0 bridgehead atoms. The summed E-state index contributed by atoms with van der Waals surface area (Å²) in [5.41, 5.74) is 1.38. The van der Waals surface area contributed by atoms with E-state index in [1.807, 2.05) is 0 Å². The van der Waals surface area contributed by atoms with Crippen LogP contribution >= 0.6 is 23.2 Å². The van der Waals surface area contributed by atoms with Crippen LogP contribution < -0.4 is 0 Å². The molecule has 1 aromatic carbocycles. The van der Waals surface area contributed by atoms with Crippen molar-refractivity contribution in [2.75, 3.05) is 0 Å². The van der Waals surface area contributed by atoms with E-state index in [9.17, 15) is 10.1 Å². The fourth-order valence-electron chi connectivity index (χ4n) is 1.38. The monoisotopic (exact) mass is 268 g/mol. The Labute approximate surface area is 107 Å². The minimum atomic E-state index is -0.552. The summed E-state index contributed by atoms with van der Waals surface area (Å²) >= 11 is 11.9. The highest BCUT2D eigenvalue weighted by Gasteiger charge is 2.11. The van der Waals surface area contributed by atoms with E-state index in [0.717, 1.165) is 0 Å². The number of hydrogen-bond donors (Lipinski definition) is 0. The Hall–Kier alpha value is -1.65. The third-order valence-electron chi connectivity index (χ3n) is 2.20. The number of aromatic nitrogens is 1. The summed E-state index contributed by atoms with van der Waals surface area (Å²) in [7, 11) is 0. The fraction of sp³-hybridized carbons (Fsp3) is 0. The van der Waals surface area contributed by atoms with Crippen molar-refractivity contribution in [3.63, 3.8) is 0 Å². The van der Waals surface area contributed by atoms with Gasteiger partial charge in [0, 0.05) is 17.2 Å². The van der Waals surface area contributed by atoms with Gasteiger partial charge >= 0.3 is 5.82 Å². The normalized spacial score (nSPS) is 10.2. The van der Waals surface area contributed by atoms with Crippen molar-refractivity contribution in [1.29, 1.82) is 0 Å². The van der Waals surface area contributed by atoms with Gasteiger partial charge in [-0.25, -0.2) is 0 Å². The molecule has 2 aromatic rings. The van der Waals surface area contributed by atoms with Crippen LogP contribution in [0.2, 0.25) is 10.0 Å². The molecule has 0 atom stereocenters. The lowest BCUT2D eigenvalue weighted by Gasteiger charge is -2.03. The first-order valence-electron chi connectivity index (χ1n) is 4.64. The van der Waals surface area contributed by atoms with Gasteiger partial charge in [0.15, 0.2) is 0 Å². The predicted octanol–water partition coefficient (Wildman–Crippen LogP) is 3.96. The molecule has 1 heterocycles. The van der Waals surface area contributed by atoms with Crippen molar-refractivity contribution in [1.82, 2.24) is 4.98 Å². The summed E-state index contributed by atoms with van der Waals surface area (Å²) in [6.07, 6.45) is 1.40. The van der Waals surface area contributed by atoms with Gasteiger partial charge in [0.2, 0.25) is 0 Å². The lowest BCUT2D eigenvalue weighted by atomic mass is 10.1. The molecule has 0 saturated heterocycles. The second-order valence-corrected chi connectivity index (χ2v) is 4.05. The predicted molar refractivity (Wildman–Crippen MR) is 66.3 cm³/mol. The zero-order valence-corrected chi connectivity index (χ0v) is 9.94. The van der Waals surface area contributed by atoms with E-state index in [1.165, 1.54) is 12.3 Å². The van der Waals surface area contributed by atoms with E-state index in [0.29, 0.717) is 21.2 Å². The van der Waals surface area contributed by atoms with E-state index in [2.05, 4.69) is 4.98 Å². The van der Waals surface area contributed by atoms with E-state index >= 15 is 0 Å². The van der Waals surface area contributed by atoms with Gasteiger partial charge in [-0.15, -0.1) is 0 Å². The molecule has 0 amide bonds. The molecule has 0 aliphatic rings. The summed E-state index contributed by atoms with van der Waals surface area (Å²) < 4.78 is 0. The number of rotatable bonds is 2. The van der Waals surface area contributed by atoms with E-state index < -0.39 is 4.92 Å². The van der Waals surface area contributed by atoms with Crippen molar-refractivity contribution in [2.24, 2.45) is 0 Å². The van der Waals surface area contributed by atoms with Crippen LogP contribution in [-0.4, -0.2) is 9.91 Å². The zero-order valence-electron chi connectivity index (χ0n) is 8.43. The van der Waals surface area contributed by atoms with Crippen LogP contribution in [0.25, 0.3) is 11.1 Å². The van der Waals surface area contributed by atoms with Gasteiger partial charge in [0.05, 0.1) is 10.0 Å². The standard InChI is InChI=1S/C11H6Cl2N2O2/c12-9-3-1-2-8(11(9)13)7-4-5-10(14-6-7)15(16)17/h1-6H. The number of benzene rings is 1. The summed E-state index contributed by atoms with van der Waals surface area (Å²) in [4.78, 5) is 13.6. The topological polar surface area (TPSA) is 56.0 Å². The smallest absolute Gasteiger partial charge is 0.358 e. The number of nitro groups is 1. The highest BCUT2D eigenvalue weighted by atomic mass is 35.5. The maximum Gasteiger partial charge on any atom is 0.363 e. The second-order valence-electron chi connectivity index (χ2n) is 3.26. The SMILES string of the molecule is O=[N+]([O-])c1ccc(-c2cccc(Cl)c2Cl)cn1. The molecular weight excluding hydrogens is 263 g/mol. The Morgan fingerprint density at radius 1 is 1.18 bits per heavy atom. The van der Waals surface area contributed by atoms with E-state index in [1.54, 1.807) is 24.3 Å². The third kappa shape index (κ3) is 2.38. The van der Waals surface area contributed by atoms with Gasteiger partial charge in [0.25, 0.3) is 0 Å². The lowest BCUT2D eigenvalue weighted by Crippen LogP contribution is -1.91. The number of nitrogens with zero attached hydrogens (tertiary/aromatic N) is 2. The van der Waals surface area contributed by atoms with Crippen LogP contribution in [-0.2, 0) is 0 Å². The highest BCUT2D eigenvalue weighted by Crippen LogP contribution is 2.33. The number of pyridine rings is 1. The van der Waals surface area contributed by atoms with Gasteiger partial charge in [-0.3, -0.25) is 0 Å². The molecule has 6 heteroatoms. The van der Waals surface area contributed by atoms with Crippen molar-refractivity contribution < 1.29 is 4.92 Å². The van der Waals surface area contributed by atoms with Gasteiger partial charge in [-0.1, -0.05) is 35.3 Å². The van der Waals surface area contributed by atoms with Crippen LogP contribution in [0.4, 0.5) is 5.82 Å². The second kappa shape index (κ2) is 4.69. The first-order chi connectivity index (χ1) is 8.09. The van der Waals surface area contributed by atoms with Crippen LogP contribution in [0.3, 0.4) is 0 Å². The van der Waals surface area contributed by atoms with Crippen molar-refractivity contribution >= 4 is 29.0 Å². The maximum absolute atomic E-state index is 10.5. The Balaban J connectivity index is 2.47. The molecule has 1 aromatic heterocycles. The molecule has 0 fully saturated rings.